The van der Waals surface area contributed by atoms with Crippen molar-refractivity contribution in [1.29, 1.82) is 0 Å². The van der Waals surface area contributed by atoms with Gasteiger partial charge in [0.05, 0.1) is 23.1 Å². The Balaban J connectivity index is 1.33. The molecular weight excluding hydrogens is 424 g/mol. The first-order chi connectivity index (χ1) is 15.9. The van der Waals surface area contributed by atoms with Crippen LogP contribution in [0.2, 0.25) is 0 Å². The first kappa shape index (κ1) is 22.3. The number of hydrogen-bond acceptors (Lipinski definition) is 6. The van der Waals surface area contributed by atoms with Gasteiger partial charge in [0.25, 0.3) is 5.91 Å². The van der Waals surface area contributed by atoms with E-state index in [-0.39, 0.29) is 24.0 Å². The van der Waals surface area contributed by atoms with Crippen LogP contribution in [0.1, 0.15) is 65.4 Å². The lowest BCUT2D eigenvalue weighted by atomic mass is 10.0. The monoisotopic (exact) mass is 450 g/mol. The number of aromatic nitrogens is 4. The molecule has 2 aromatic heterocycles. The zero-order valence-corrected chi connectivity index (χ0v) is 18.4. The maximum atomic E-state index is 12.6. The molecule has 3 aromatic rings. The molecule has 172 valence electrons. The van der Waals surface area contributed by atoms with Crippen LogP contribution in [0.5, 0.6) is 0 Å². The maximum absolute atomic E-state index is 12.6. The summed E-state index contributed by atoms with van der Waals surface area (Å²) in [4.78, 5) is 35.2. The summed E-state index contributed by atoms with van der Waals surface area (Å²) < 4.78 is 7.04. The zero-order valence-electron chi connectivity index (χ0n) is 18.4. The fourth-order valence-corrected chi connectivity index (χ4v) is 3.83. The molecule has 0 bridgehead atoms. The molecule has 1 aliphatic carbocycles. The SMILES string of the molecule is CC(C)NC(=O)O[C@@H]1CC[C@H](c2cc(NC(=O)c3cnn(-c4ccc(C=O)cc4)c3)[nH]n2)C1. The van der Waals surface area contributed by atoms with Crippen LogP contribution >= 0.6 is 0 Å². The summed E-state index contributed by atoms with van der Waals surface area (Å²) in [6.07, 6.45) is 5.64. The number of aromatic amines is 1. The van der Waals surface area contributed by atoms with Gasteiger partial charge in [0, 0.05) is 29.8 Å². The molecule has 1 saturated carbocycles. The first-order valence-electron chi connectivity index (χ1n) is 10.9. The van der Waals surface area contributed by atoms with Crippen LogP contribution in [0.15, 0.2) is 42.7 Å². The van der Waals surface area contributed by atoms with E-state index in [0.717, 1.165) is 30.5 Å². The van der Waals surface area contributed by atoms with Crippen molar-refractivity contribution in [3.63, 3.8) is 0 Å². The van der Waals surface area contributed by atoms with Crippen LogP contribution in [0.3, 0.4) is 0 Å². The molecule has 4 rings (SSSR count). The quantitative estimate of drug-likeness (QED) is 0.473. The molecule has 0 unspecified atom stereocenters. The largest absolute Gasteiger partial charge is 0.446 e. The topological polar surface area (TPSA) is 131 Å². The second-order valence-electron chi connectivity index (χ2n) is 8.38. The number of aldehydes is 1. The molecular formula is C23H26N6O4. The first-order valence-corrected chi connectivity index (χ1v) is 10.9. The average molecular weight is 450 g/mol. The maximum Gasteiger partial charge on any atom is 0.407 e. The highest BCUT2D eigenvalue weighted by Gasteiger charge is 2.30. The summed E-state index contributed by atoms with van der Waals surface area (Å²) in [5, 5.41) is 16.9. The lowest BCUT2D eigenvalue weighted by Gasteiger charge is -2.14. The van der Waals surface area contributed by atoms with E-state index < -0.39 is 6.09 Å². The van der Waals surface area contributed by atoms with Gasteiger partial charge in [0.1, 0.15) is 18.2 Å². The minimum absolute atomic E-state index is 0.0299. The number of alkyl carbamates (subject to hydrolysis) is 1. The molecule has 2 atom stereocenters. The second-order valence-corrected chi connectivity index (χ2v) is 8.38. The van der Waals surface area contributed by atoms with Crippen molar-refractivity contribution in [1.82, 2.24) is 25.3 Å². The molecule has 2 amide bonds. The molecule has 1 fully saturated rings. The highest BCUT2D eigenvalue weighted by Crippen LogP contribution is 2.35. The summed E-state index contributed by atoms with van der Waals surface area (Å²) in [7, 11) is 0. The van der Waals surface area contributed by atoms with Gasteiger partial charge in [-0.25, -0.2) is 9.48 Å². The Morgan fingerprint density at radius 1 is 1.24 bits per heavy atom. The number of hydrogen-bond donors (Lipinski definition) is 3. The Bertz CT molecular complexity index is 1130. The van der Waals surface area contributed by atoms with Gasteiger partial charge in [-0.05, 0) is 57.4 Å². The van der Waals surface area contributed by atoms with E-state index in [0.29, 0.717) is 23.4 Å². The fraction of sp³-hybridized carbons (Fsp3) is 0.348. The highest BCUT2D eigenvalue weighted by molar-refractivity contribution is 6.03. The number of H-pyrrole nitrogens is 1. The number of nitrogens with zero attached hydrogens (tertiary/aromatic N) is 3. The summed E-state index contributed by atoms with van der Waals surface area (Å²) in [5.74, 6) is 0.319. The van der Waals surface area contributed by atoms with E-state index in [4.69, 9.17) is 4.74 Å². The Morgan fingerprint density at radius 2 is 2.03 bits per heavy atom. The van der Waals surface area contributed by atoms with E-state index in [9.17, 15) is 14.4 Å². The van der Waals surface area contributed by atoms with Crippen molar-refractivity contribution < 1.29 is 19.1 Å². The summed E-state index contributed by atoms with van der Waals surface area (Å²) >= 11 is 0. The smallest absolute Gasteiger partial charge is 0.407 e. The Morgan fingerprint density at radius 3 is 2.76 bits per heavy atom. The van der Waals surface area contributed by atoms with E-state index in [1.165, 1.54) is 6.20 Å². The van der Waals surface area contributed by atoms with Gasteiger partial charge < -0.3 is 15.4 Å². The van der Waals surface area contributed by atoms with E-state index >= 15 is 0 Å². The van der Waals surface area contributed by atoms with Gasteiger partial charge >= 0.3 is 6.09 Å². The molecule has 2 heterocycles. The van der Waals surface area contributed by atoms with Crippen molar-refractivity contribution in [2.75, 3.05) is 5.32 Å². The van der Waals surface area contributed by atoms with E-state index in [1.54, 1.807) is 35.1 Å². The second kappa shape index (κ2) is 9.68. The van der Waals surface area contributed by atoms with E-state index in [1.807, 2.05) is 19.9 Å². The van der Waals surface area contributed by atoms with Crippen molar-refractivity contribution in [3.05, 3.63) is 59.5 Å². The van der Waals surface area contributed by atoms with Gasteiger partial charge in [0.2, 0.25) is 0 Å². The molecule has 0 saturated heterocycles. The summed E-state index contributed by atoms with van der Waals surface area (Å²) in [6.45, 7) is 3.77. The molecule has 33 heavy (non-hydrogen) atoms. The number of nitrogens with one attached hydrogen (secondary N) is 3. The predicted molar refractivity (Wildman–Crippen MR) is 121 cm³/mol. The molecule has 10 nitrogen and oxygen atoms in total. The van der Waals surface area contributed by atoms with Gasteiger partial charge in [0.15, 0.2) is 0 Å². The number of anilines is 1. The van der Waals surface area contributed by atoms with Crippen LogP contribution in [0.4, 0.5) is 10.6 Å². The number of amides is 2. The van der Waals surface area contributed by atoms with Gasteiger partial charge in [-0.3, -0.25) is 14.7 Å². The zero-order chi connectivity index (χ0) is 23.4. The van der Waals surface area contributed by atoms with Crippen LogP contribution in [-0.2, 0) is 4.74 Å². The highest BCUT2D eigenvalue weighted by atomic mass is 16.6. The van der Waals surface area contributed by atoms with Crippen LogP contribution < -0.4 is 10.6 Å². The number of carbonyl (C=O) groups excluding carboxylic acids is 3. The normalized spacial score (nSPS) is 17.7. The lowest BCUT2D eigenvalue weighted by molar-refractivity contribution is 0.0979. The van der Waals surface area contributed by atoms with Gasteiger partial charge in [-0.1, -0.05) is 0 Å². The van der Waals surface area contributed by atoms with Gasteiger partial charge in [-0.2, -0.15) is 10.2 Å². The molecule has 10 heteroatoms. The summed E-state index contributed by atoms with van der Waals surface area (Å²) in [5.41, 5.74) is 2.52. The van der Waals surface area contributed by atoms with Crippen molar-refractivity contribution in [2.24, 2.45) is 0 Å². The fourth-order valence-electron chi connectivity index (χ4n) is 3.83. The predicted octanol–water partition coefficient (Wildman–Crippen LogP) is 3.43. The molecule has 1 aliphatic rings. The molecule has 0 aliphatic heterocycles. The average Bonchev–Trinajstić information content (AvgIpc) is 3.54. The van der Waals surface area contributed by atoms with Gasteiger partial charge in [-0.15, -0.1) is 0 Å². The van der Waals surface area contributed by atoms with Crippen molar-refractivity contribution in [3.8, 4) is 5.69 Å². The van der Waals surface area contributed by atoms with Crippen LogP contribution in [0.25, 0.3) is 5.69 Å². The lowest BCUT2D eigenvalue weighted by Crippen LogP contribution is -2.33. The third-order valence-corrected chi connectivity index (χ3v) is 5.47. The molecule has 0 spiro atoms. The Kier molecular flexibility index (Phi) is 6.53. The number of ether oxygens (including phenoxy) is 1. The Labute approximate surface area is 190 Å². The number of rotatable bonds is 7. The summed E-state index contributed by atoms with van der Waals surface area (Å²) in [6, 6.07) is 8.72. The number of benzene rings is 1. The van der Waals surface area contributed by atoms with Crippen LogP contribution in [-0.4, -0.2) is 50.4 Å². The number of carbonyl (C=O) groups is 3. The standard InChI is InChI=1S/C23H26N6O4/c1-14(2)25-23(32)33-19-8-5-16(9-19)20-10-21(28-27-20)26-22(31)17-11-24-29(12-17)18-6-3-15(13-30)4-7-18/h3-4,6-7,10-14,16,19H,5,8-9H2,1-2H3,(H,25,32)(H2,26,27,28,31)/t16-,19+/m0/s1. The van der Waals surface area contributed by atoms with Crippen molar-refractivity contribution >= 4 is 24.1 Å². The molecule has 0 radical (unpaired) electrons. The third-order valence-electron chi connectivity index (χ3n) is 5.47. The van der Waals surface area contributed by atoms with Crippen molar-refractivity contribution in [2.45, 2.75) is 51.2 Å². The molecule has 1 aromatic carbocycles. The third kappa shape index (κ3) is 5.46. The van der Waals surface area contributed by atoms with E-state index in [2.05, 4.69) is 25.9 Å². The Hall–Kier alpha value is -3.95. The minimum atomic E-state index is -0.397. The molecule has 3 N–H and O–H groups in total. The van der Waals surface area contributed by atoms with Crippen LogP contribution in [0, 0.1) is 0 Å². The minimum Gasteiger partial charge on any atom is -0.446 e.